The first-order valence-corrected chi connectivity index (χ1v) is 10.1. The number of nitrogens with one attached hydrogen (secondary N) is 1. The predicted molar refractivity (Wildman–Crippen MR) is 116 cm³/mol. The van der Waals surface area contributed by atoms with Gasteiger partial charge in [0.2, 0.25) is 5.91 Å². The molecule has 0 spiro atoms. The fourth-order valence-electron chi connectivity index (χ4n) is 3.23. The molecular formula is C25H22F3NO4. The van der Waals surface area contributed by atoms with Crippen molar-refractivity contribution in [1.82, 2.24) is 5.32 Å². The van der Waals surface area contributed by atoms with Crippen LogP contribution in [0.3, 0.4) is 0 Å². The van der Waals surface area contributed by atoms with Gasteiger partial charge >= 0.3 is 12.1 Å². The van der Waals surface area contributed by atoms with Gasteiger partial charge in [-0.3, -0.25) is 4.79 Å². The lowest BCUT2D eigenvalue weighted by Gasteiger charge is -2.16. The van der Waals surface area contributed by atoms with Crippen molar-refractivity contribution >= 4 is 11.9 Å². The number of hydrogen-bond donors (Lipinski definition) is 2. The first-order valence-electron chi connectivity index (χ1n) is 10.1. The Bertz CT molecular complexity index is 1100. The molecule has 0 saturated heterocycles. The van der Waals surface area contributed by atoms with Gasteiger partial charge in [0.1, 0.15) is 18.4 Å². The van der Waals surface area contributed by atoms with Crippen LogP contribution >= 0.6 is 0 Å². The smallest absolute Gasteiger partial charge is 0.416 e. The van der Waals surface area contributed by atoms with Crippen molar-refractivity contribution in [3.63, 3.8) is 0 Å². The molecule has 0 unspecified atom stereocenters. The molecule has 0 saturated carbocycles. The van der Waals surface area contributed by atoms with Crippen LogP contribution in [0.5, 0.6) is 5.75 Å². The van der Waals surface area contributed by atoms with Gasteiger partial charge in [0.05, 0.1) is 12.0 Å². The third kappa shape index (κ3) is 7.38. The van der Waals surface area contributed by atoms with Crippen LogP contribution < -0.4 is 10.1 Å². The number of carboxylic acids is 1. The highest BCUT2D eigenvalue weighted by Gasteiger charge is 2.30. The average Bonchev–Trinajstić information content (AvgIpc) is 2.78. The van der Waals surface area contributed by atoms with Crippen molar-refractivity contribution < 1.29 is 32.6 Å². The van der Waals surface area contributed by atoms with Gasteiger partial charge in [-0.25, -0.2) is 4.79 Å². The first kappa shape index (κ1) is 23.8. The molecule has 8 heteroatoms. The molecule has 2 N–H and O–H groups in total. The van der Waals surface area contributed by atoms with Gasteiger partial charge in [0.25, 0.3) is 0 Å². The number of benzene rings is 3. The zero-order valence-corrected chi connectivity index (χ0v) is 17.5. The largest absolute Gasteiger partial charge is 0.489 e. The van der Waals surface area contributed by atoms with E-state index in [1.165, 1.54) is 12.1 Å². The Labute approximate surface area is 188 Å². The molecule has 0 aromatic heterocycles. The molecule has 3 aromatic carbocycles. The molecule has 1 atom stereocenters. The summed E-state index contributed by atoms with van der Waals surface area (Å²) < 4.78 is 44.3. The number of ether oxygens (including phenoxy) is 1. The van der Waals surface area contributed by atoms with E-state index in [-0.39, 0.29) is 18.4 Å². The van der Waals surface area contributed by atoms with Crippen molar-refractivity contribution in [1.29, 1.82) is 0 Å². The maximum atomic E-state index is 12.9. The molecule has 33 heavy (non-hydrogen) atoms. The Balaban J connectivity index is 1.61. The third-order valence-corrected chi connectivity index (χ3v) is 4.84. The topological polar surface area (TPSA) is 75.6 Å². The number of carbonyl (C=O) groups excluding carboxylic acids is 1. The van der Waals surface area contributed by atoms with E-state index < -0.39 is 29.7 Å². The minimum absolute atomic E-state index is 0.00774. The Hall–Kier alpha value is -3.81. The molecule has 3 aromatic rings. The lowest BCUT2D eigenvalue weighted by molar-refractivity contribution is -0.141. The summed E-state index contributed by atoms with van der Waals surface area (Å²) in [7, 11) is 0. The summed E-state index contributed by atoms with van der Waals surface area (Å²) >= 11 is 0. The Kier molecular flexibility index (Phi) is 7.71. The zero-order chi connectivity index (χ0) is 23.8. The second-order valence-electron chi connectivity index (χ2n) is 7.46. The second-order valence-corrected chi connectivity index (χ2v) is 7.46. The summed E-state index contributed by atoms with van der Waals surface area (Å²) in [4.78, 5) is 24.0. The van der Waals surface area contributed by atoms with Crippen LogP contribution in [0.4, 0.5) is 13.2 Å². The molecular weight excluding hydrogens is 435 g/mol. The number of amides is 1. The van der Waals surface area contributed by atoms with Gasteiger partial charge in [0, 0.05) is 6.42 Å². The normalized spacial score (nSPS) is 12.1. The molecule has 172 valence electrons. The molecule has 0 radical (unpaired) electrons. The van der Waals surface area contributed by atoms with Crippen LogP contribution in [-0.4, -0.2) is 23.0 Å². The van der Waals surface area contributed by atoms with E-state index in [9.17, 15) is 27.9 Å². The fraction of sp³-hybridized carbons (Fsp3) is 0.200. The second kappa shape index (κ2) is 10.7. The van der Waals surface area contributed by atoms with E-state index in [2.05, 4.69) is 5.32 Å². The summed E-state index contributed by atoms with van der Waals surface area (Å²) in [5.41, 5.74) is 0.887. The predicted octanol–water partition coefficient (Wildman–Crippen LogP) is 4.64. The van der Waals surface area contributed by atoms with E-state index in [1.807, 2.05) is 30.3 Å². The molecule has 0 fully saturated rings. The minimum Gasteiger partial charge on any atom is -0.489 e. The van der Waals surface area contributed by atoms with Gasteiger partial charge in [-0.2, -0.15) is 13.2 Å². The Morgan fingerprint density at radius 3 is 2.24 bits per heavy atom. The summed E-state index contributed by atoms with van der Waals surface area (Å²) in [5.74, 6) is -1.38. The highest BCUT2D eigenvalue weighted by molar-refractivity contribution is 5.85. The zero-order valence-electron chi connectivity index (χ0n) is 17.5. The van der Waals surface area contributed by atoms with E-state index in [0.717, 1.165) is 17.7 Å². The SMILES string of the molecule is O=C(Cc1cccc(C(F)(F)F)c1)N[C@H](Cc1cccc(OCc2ccccc2)c1)C(=O)O. The number of halogens is 3. The van der Waals surface area contributed by atoms with Gasteiger partial charge < -0.3 is 15.2 Å². The molecule has 3 rings (SSSR count). The van der Waals surface area contributed by atoms with Crippen molar-refractivity contribution in [2.24, 2.45) is 0 Å². The molecule has 1 amide bonds. The van der Waals surface area contributed by atoms with Crippen LogP contribution in [0.15, 0.2) is 78.9 Å². The lowest BCUT2D eigenvalue weighted by atomic mass is 10.0. The average molecular weight is 457 g/mol. The number of carbonyl (C=O) groups is 2. The monoisotopic (exact) mass is 457 g/mol. The Morgan fingerprint density at radius 1 is 0.879 bits per heavy atom. The van der Waals surface area contributed by atoms with E-state index in [4.69, 9.17) is 4.74 Å². The van der Waals surface area contributed by atoms with Gasteiger partial charge in [0.15, 0.2) is 0 Å². The summed E-state index contributed by atoms with van der Waals surface area (Å²) in [6.07, 6.45) is -4.90. The van der Waals surface area contributed by atoms with Crippen molar-refractivity contribution in [2.45, 2.75) is 31.7 Å². The highest BCUT2D eigenvalue weighted by atomic mass is 19.4. The maximum absolute atomic E-state index is 12.9. The number of hydrogen-bond acceptors (Lipinski definition) is 3. The molecule has 0 aliphatic rings. The van der Waals surface area contributed by atoms with Crippen LogP contribution in [-0.2, 0) is 35.2 Å². The van der Waals surface area contributed by atoms with E-state index in [1.54, 1.807) is 24.3 Å². The summed E-state index contributed by atoms with van der Waals surface area (Å²) in [5, 5.41) is 11.9. The number of carboxylic acid groups (broad SMARTS) is 1. The summed E-state index contributed by atoms with van der Waals surface area (Å²) in [6, 6.07) is 19.5. The third-order valence-electron chi connectivity index (χ3n) is 4.84. The summed E-state index contributed by atoms with van der Waals surface area (Å²) in [6.45, 7) is 0.348. The van der Waals surface area contributed by atoms with E-state index in [0.29, 0.717) is 17.9 Å². The Morgan fingerprint density at radius 2 is 1.55 bits per heavy atom. The van der Waals surface area contributed by atoms with Crippen molar-refractivity contribution in [3.8, 4) is 5.75 Å². The van der Waals surface area contributed by atoms with Gasteiger partial charge in [-0.05, 0) is 34.9 Å². The lowest BCUT2D eigenvalue weighted by Crippen LogP contribution is -2.43. The van der Waals surface area contributed by atoms with Crippen LogP contribution in [0.25, 0.3) is 0 Å². The van der Waals surface area contributed by atoms with Crippen molar-refractivity contribution in [3.05, 3.63) is 101 Å². The molecule has 0 aliphatic heterocycles. The van der Waals surface area contributed by atoms with Crippen LogP contribution in [0.2, 0.25) is 0 Å². The van der Waals surface area contributed by atoms with Crippen LogP contribution in [0, 0.1) is 0 Å². The molecule has 0 heterocycles. The van der Waals surface area contributed by atoms with Gasteiger partial charge in [-0.15, -0.1) is 0 Å². The standard InChI is InChI=1S/C25H22F3NO4/c26-25(27,28)20-10-4-8-18(12-20)15-23(30)29-22(24(31)32)14-19-9-5-11-21(13-19)33-16-17-6-2-1-3-7-17/h1-13,22H,14-16H2,(H,29,30)(H,31,32)/t22-/m1/s1. The quantitative estimate of drug-likeness (QED) is 0.491. The van der Waals surface area contributed by atoms with Gasteiger partial charge in [-0.1, -0.05) is 60.7 Å². The van der Waals surface area contributed by atoms with Crippen LogP contribution in [0.1, 0.15) is 22.3 Å². The molecule has 0 aliphatic carbocycles. The highest BCUT2D eigenvalue weighted by Crippen LogP contribution is 2.29. The fourth-order valence-corrected chi connectivity index (χ4v) is 3.23. The number of alkyl halides is 3. The maximum Gasteiger partial charge on any atom is 0.416 e. The minimum atomic E-state index is -4.52. The number of aliphatic carboxylic acids is 1. The van der Waals surface area contributed by atoms with Crippen molar-refractivity contribution in [2.75, 3.05) is 0 Å². The van der Waals surface area contributed by atoms with E-state index >= 15 is 0 Å². The molecule has 0 bridgehead atoms. The number of rotatable bonds is 9. The molecule has 5 nitrogen and oxygen atoms in total. The first-order chi connectivity index (χ1) is 15.7.